The van der Waals surface area contributed by atoms with Crippen molar-refractivity contribution in [2.45, 2.75) is 19.3 Å². The highest BCUT2D eigenvalue weighted by molar-refractivity contribution is 6.30. The van der Waals surface area contributed by atoms with Crippen molar-refractivity contribution in [1.82, 2.24) is 4.57 Å². The van der Waals surface area contributed by atoms with Gasteiger partial charge >= 0.3 is 0 Å². The molecule has 0 aliphatic heterocycles. The number of nitrogens with zero attached hydrogens (tertiary/aromatic N) is 1. The van der Waals surface area contributed by atoms with E-state index in [4.69, 9.17) is 16.3 Å². The first-order chi connectivity index (χ1) is 11.2. The highest BCUT2D eigenvalue weighted by atomic mass is 35.5. The lowest BCUT2D eigenvalue weighted by Gasteiger charge is -2.09. The van der Waals surface area contributed by atoms with Crippen LogP contribution in [-0.4, -0.2) is 17.6 Å². The number of aromatic nitrogens is 1. The van der Waals surface area contributed by atoms with Gasteiger partial charge in [0.05, 0.1) is 12.6 Å². The van der Waals surface area contributed by atoms with E-state index in [1.165, 1.54) is 5.56 Å². The second kappa shape index (κ2) is 5.43. The molecule has 23 heavy (non-hydrogen) atoms. The molecule has 1 aliphatic carbocycles. The van der Waals surface area contributed by atoms with E-state index in [-0.39, 0.29) is 5.91 Å². The van der Waals surface area contributed by atoms with Crippen molar-refractivity contribution in [3.05, 3.63) is 64.3 Å². The molecule has 0 saturated heterocycles. The fourth-order valence-corrected chi connectivity index (χ4v) is 3.57. The monoisotopic (exact) mass is 325 g/mol. The van der Waals surface area contributed by atoms with Crippen molar-refractivity contribution in [1.29, 1.82) is 0 Å². The molecule has 0 spiro atoms. The number of methoxy groups -OCH3 is 1. The Labute approximate surface area is 139 Å². The molecule has 0 unspecified atom stereocenters. The summed E-state index contributed by atoms with van der Waals surface area (Å²) in [7, 11) is 1.66. The van der Waals surface area contributed by atoms with E-state index in [0.29, 0.717) is 10.6 Å². The van der Waals surface area contributed by atoms with Gasteiger partial charge in [0.15, 0.2) is 0 Å². The molecule has 2 aromatic carbocycles. The fourth-order valence-electron chi connectivity index (χ4n) is 3.44. The van der Waals surface area contributed by atoms with Crippen LogP contribution in [0, 0.1) is 0 Å². The van der Waals surface area contributed by atoms with E-state index in [9.17, 15) is 4.79 Å². The van der Waals surface area contributed by atoms with Gasteiger partial charge in [-0.1, -0.05) is 11.6 Å². The van der Waals surface area contributed by atoms with Gasteiger partial charge in [-0.15, -0.1) is 0 Å². The zero-order valence-electron chi connectivity index (χ0n) is 12.8. The van der Waals surface area contributed by atoms with E-state index in [1.54, 1.807) is 31.4 Å². The standard InChI is InChI=1S/C19H16ClNO2/c1-23-14-9-10-18-16(11-14)15-3-2-4-17(15)21(18)19(22)12-5-7-13(20)8-6-12/h5-11H,2-4H2,1H3. The van der Waals surface area contributed by atoms with Crippen molar-refractivity contribution in [3.63, 3.8) is 0 Å². The van der Waals surface area contributed by atoms with E-state index in [2.05, 4.69) is 0 Å². The number of halogens is 1. The summed E-state index contributed by atoms with van der Waals surface area (Å²) < 4.78 is 7.20. The summed E-state index contributed by atoms with van der Waals surface area (Å²) in [6.45, 7) is 0. The number of ether oxygens (including phenoxy) is 1. The Balaban J connectivity index is 1.93. The minimum Gasteiger partial charge on any atom is -0.497 e. The Morgan fingerprint density at radius 2 is 1.91 bits per heavy atom. The summed E-state index contributed by atoms with van der Waals surface area (Å²) >= 11 is 5.93. The maximum atomic E-state index is 13.0. The number of carbonyl (C=O) groups excluding carboxylic acids is 1. The summed E-state index contributed by atoms with van der Waals surface area (Å²) in [6, 6.07) is 13.0. The van der Waals surface area contributed by atoms with Crippen LogP contribution in [0.5, 0.6) is 5.75 Å². The molecule has 4 rings (SSSR count). The number of carbonyl (C=O) groups is 1. The van der Waals surface area contributed by atoms with Crippen LogP contribution in [0.3, 0.4) is 0 Å². The Morgan fingerprint density at radius 3 is 2.65 bits per heavy atom. The zero-order chi connectivity index (χ0) is 16.0. The van der Waals surface area contributed by atoms with Gasteiger partial charge in [0, 0.05) is 21.7 Å². The minimum absolute atomic E-state index is 0.0000153. The summed E-state index contributed by atoms with van der Waals surface area (Å²) in [5, 5.41) is 1.76. The van der Waals surface area contributed by atoms with Crippen molar-refractivity contribution >= 4 is 28.4 Å². The molecule has 4 heteroatoms. The van der Waals surface area contributed by atoms with Crippen LogP contribution >= 0.6 is 11.6 Å². The first-order valence-electron chi connectivity index (χ1n) is 7.69. The first-order valence-corrected chi connectivity index (χ1v) is 8.07. The SMILES string of the molecule is COc1ccc2c(c1)c1c(n2C(=O)c2ccc(Cl)cc2)CCC1. The van der Waals surface area contributed by atoms with Gasteiger partial charge in [-0.25, -0.2) is 0 Å². The Kier molecular flexibility index (Phi) is 3.38. The van der Waals surface area contributed by atoms with Gasteiger partial charge in [0.25, 0.3) is 5.91 Å². The van der Waals surface area contributed by atoms with Crippen LogP contribution in [0.4, 0.5) is 0 Å². The second-order valence-electron chi connectivity index (χ2n) is 5.81. The second-order valence-corrected chi connectivity index (χ2v) is 6.25. The summed E-state index contributed by atoms with van der Waals surface area (Å²) in [5.41, 5.74) is 4.02. The third-order valence-electron chi connectivity index (χ3n) is 4.52. The molecule has 0 N–H and O–H groups in total. The summed E-state index contributed by atoms with van der Waals surface area (Å²) in [5.74, 6) is 0.822. The van der Waals surface area contributed by atoms with E-state index in [1.807, 2.05) is 22.8 Å². The lowest BCUT2D eigenvalue weighted by Crippen LogP contribution is -2.14. The van der Waals surface area contributed by atoms with Crippen LogP contribution in [0.15, 0.2) is 42.5 Å². The van der Waals surface area contributed by atoms with Crippen LogP contribution < -0.4 is 4.74 Å². The van der Waals surface area contributed by atoms with Crippen LogP contribution in [0.1, 0.15) is 28.0 Å². The highest BCUT2D eigenvalue weighted by Gasteiger charge is 2.25. The normalized spacial score (nSPS) is 13.3. The van der Waals surface area contributed by atoms with E-state index in [0.717, 1.165) is 41.6 Å². The average Bonchev–Trinajstić information content (AvgIpc) is 3.15. The number of benzene rings is 2. The van der Waals surface area contributed by atoms with Crippen molar-refractivity contribution in [2.24, 2.45) is 0 Å². The van der Waals surface area contributed by atoms with Gasteiger partial charge in [-0.2, -0.15) is 0 Å². The molecule has 1 heterocycles. The maximum absolute atomic E-state index is 13.0. The highest BCUT2D eigenvalue weighted by Crippen LogP contribution is 2.35. The van der Waals surface area contributed by atoms with Gasteiger partial charge in [-0.05, 0) is 67.3 Å². The molecule has 3 aromatic rings. The molecule has 1 aliphatic rings. The molecule has 0 amide bonds. The van der Waals surface area contributed by atoms with Gasteiger partial charge in [0.1, 0.15) is 5.75 Å². The molecule has 0 fully saturated rings. The molecular weight excluding hydrogens is 310 g/mol. The third-order valence-corrected chi connectivity index (χ3v) is 4.77. The topological polar surface area (TPSA) is 31.2 Å². The molecular formula is C19H16ClNO2. The van der Waals surface area contributed by atoms with Gasteiger partial charge < -0.3 is 4.74 Å². The molecule has 0 radical (unpaired) electrons. The van der Waals surface area contributed by atoms with E-state index >= 15 is 0 Å². The fraction of sp³-hybridized carbons (Fsp3) is 0.211. The molecule has 3 nitrogen and oxygen atoms in total. The van der Waals surface area contributed by atoms with Crippen LogP contribution in [0.25, 0.3) is 10.9 Å². The summed E-state index contributed by atoms with van der Waals surface area (Å²) in [4.78, 5) is 13.0. The predicted octanol–water partition coefficient (Wildman–Crippen LogP) is 4.48. The molecule has 116 valence electrons. The predicted molar refractivity (Wildman–Crippen MR) is 91.7 cm³/mol. The molecule has 0 saturated carbocycles. The Morgan fingerprint density at radius 1 is 1.13 bits per heavy atom. The number of rotatable bonds is 2. The lowest BCUT2D eigenvalue weighted by atomic mass is 10.1. The number of fused-ring (bicyclic) bond motifs is 3. The average molecular weight is 326 g/mol. The Bertz CT molecular complexity index is 909. The molecule has 0 atom stereocenters. The maximum Gasteiger partial charge on any atom is 0.262 e. The number of hydrogen-bond acceptors (Lipinski definition) is 2. The quantitative estimate of drug-likeness (QED) is 0.695. The van der Waals surface area contributed by atoms with Crippen molar-refractivity contribution in [3.8, 4) is 5.75 Å². The smallest absolute Gasteiger partial charge is 0.262 e. The van der Waals surface area contributed by atoms with Gasteiger partial charge in [-0.3, -0.25) is 9.36 Å². The van der Waals surface area contributed by atoms with Crippen LogP contribution in [-0.2, 0) is 12.8 Å². The Hall–Kier alpha value is -2.26. The number of hydrogen-bond donors (Lipinski definition) is 0. The third kappa shape index (κ3) is 2.23. The lowest BCUT2D eigenvalue weighted by molar-refractivity contribution is 0.0962. The molecule has 0 bridgehead atoms. The van der Waals surface area contributed by atoms with Gasteiger partial charge in [0.2, 0.25) is 0 Å². The zero-order valence-corrected chi connectivity index (χ0v) is 13.6. The first kappa shape index (κ1) is 14.3. The summed E-state index contributed by atoms with van der Waals surface area (Å²) in [6.07, 6.45) is 3.04. The molecule has 1 aromatic heterocycles. The van der Waals surface area contributed by atoms with Crippen molar-refractivity contribution in [2.75, 3.05) is 7.11 Å². The number of aryl methyl sites for hydroxylation is 1. The van der Waals surface area contributed by atoms with E-state index < -0.39 is 0 Å². The largest absolute Gasteiger partial charge is 0.497 e. The van der Waals surface area contributed by atoms with Crippen LogP contribution in [0.2, 0.25) is 5.02 Å². The minimum atomic E-state index is -0.0000153. The van der Waals surface area contributed by atoms with Crippen molar-refractivity contribution < 1.29 is 9.53 Å².